The van der Waals surface area contributed by atoms with Crippen molar-refractivity contribution in [1.29, 1.82) is 0 Å². The molecule has 0 aliphatic carbocycles. The number of hydrogen-bond donors (Lipinski definition) is 1. The van der Waals surface area contributed by atoms with E-state index in [1.165, 1.54) is 19.2 Å². The molecule has 0 unspecified atom stereocenters. The van der Waals surface area contributed by atoms with Gasteiger partial charge in [0.25, 0.3) is 5.69 Å². The van der Waals surface area contributed by atoms with Crippen LogP contribution in [0.4, 0.5) is 11.4 Å². The Balaban J connectivity index is 2.24. The van der Waals surface area contributed by atoms with Gasteiger partial charge >= 0.3 is 5.97 Å². The number of nitro benzene ring substituents is 1. The number of nitro groups is 1. The third kappa shape index (κ3) is 3.58. The van der Waals surface area contributed by atoms with Gasteiger partial charge < -0.3 is 15.0 Å². The minimum atomic E-state index is -0.614. The van der Waals surface area contributed by atoms with Gasteiger partial charge in [-0.3, -0.25) is 14.9 Å². The van der Waals surface area contributed by atoms with Crippen molar-refractivity contribution in [3.05, 3.63) is 33.9 Å². The lowest BCUT2D eigenvalue weighted by Crippen LogP contribution is -2.40. The smallest absolute Gasteiger partial charge is 0.340 e. The van der Waals surface area contributed by atoms with Crippen LogP contribution in [0, 0.1) is 16.0 Å². The Morgan fingerprint density at radius 2 is 2.00 bits per heavy atom. The average molecular weight is 321 g/mol. The standard InChI is InChI=1S/C15H19N3O5/c1-16-14(19)10-5-7-17(8-6-10)13-4-3-11(18(21)22)9-12(13)15(20)23-2/h3-4,9-10H,5-8H2,1-2H3,(H,16,19). The molecule has 0 spiro atoms. The van der Waals surface area contributed by atoms with Crippen LogP contribution in [-0.2, 0) is 9.53 Å². The molecule has 8 heteroatoms. The summed E-state index contributed by atoms with van der Waals surface area (Å²) in [5, 5.41) is 13.5. The number of carbonyl (C=O) groups excluding carboxylic acids is 2. The summed E-state index contributed by atoms with van der Waals surface area (Å²) in [4.78, 5) is 35.9. The molecule has 1 aliphatic rings. The summed E-state index contributed by atoms with van der Waals surface area (Å²) < 4.78 is 4.73. The van der Waals surface area contributed by atoms with Crippen LogP contribution in [0.5, 0.6) is 0 Å². The van der Waals surface area contributed by atoms with Gasteiger partial charge in [-0.1, -0.05) is 0 Å². The number of nitrogens with one attached hydrogen (secondary N) is 1. The predicted molar refractivity (Wildman–Crippen MR) is 83.4 cm³/mol. The minimum absolute atomic E-state index is 0.0153. The lowest BCUT2D eigenvalue weighted by molar-refractivity contribution is -0.384. The van der Waals surface area contributed by atoms with Gasteiger partial charge in [-0.05, 0) is 18.9 Å². The van der Waals surface area contributed by atoms with Crippen LogP contribution in [0.15, 0.2) is 18.2 Å². The first-order chi connectivity index (χ1) is 11.0. The van der Waals surface area contributed by atoms with E-state index in [0.717, 1.165) is 0 Å². The number of benzene rings is 1. The van der Waals surface area contributed by atoms with Gasteiger partial charge in [0.15, 0.2) is 0 Å². The second-order valence-electron chi connectivity index (χ2n) is 5.33. The van der Waals surface area contributed by atoms with E-state index in [1.54, 1.807) is 13.1 Å². The summed E-state index contributed by atoms with van der Waals surface area (Å²) in [5.41, 5.74) is 0.604. The number of amides is 1. The van der Waals surface area contributed by atoms with E-state index in [2.05, 4.69) is 5.32 Å². The van der Waals surface area contributed by atoms with Gasteiger partial charge in [-0.2, -0.15) is 0 Å². The Morgan fingerprint density at radius 1 is 1.35 bits per heavy atom. The zero-order valence-corrected chi connectivity index (χ0v) is 13.1. The van der Waals surface area contributed by atoms with E-state index in [9.17, 15) is 19.7 Å². The van der Waals surface area contributed by atoms with E-state index < -0.39 is 10.9 Å². The first-order valence-electron chi connectivity index (χ1n) is 7.31. The van der Waals surface area contributed by atoms with E-state index >= 15 is 0 Å². The molecular formula is C15H19N3O5. The van der Waals surface area contributed by atoms with Crippen molar-refractivity contribution in [3.8, 4) is 0 Å². The van der Waals surface area contributed by atoms with Crippen molar-refractivity contribution < 1.29 is 19.2 Å². The Labute approximate surface area is 133 Å². The lowest BCUT2D eigenvalue weighted by atomic mass is 9.95. The van der Waals surface area contributed by atoms with Crippen molar-refractivity contribution in [2.24, 2.45) is 5.92 Å². The van der Waals surface area contributed by atoms with Crippen LogP contribution in [0.3, 0.4) is 0 Å². The van der Waals surface area contributed by atoms with Crippen molar-refractivity contribution >= 4 is 23.3 Å². The second kappa shape index (κ2) is 7.08. The van der Waals surface area contributed by atoms with Gasteiger partial charge in [0.2, 0.25) is 5.91 Å². The van der Waals surface area contributed by atoms with E-state index in [-0.39, 0.29) is 23.1 Å². The quantitative estimate of drug-likeness (QED) is 0.510. The summed E-state index contributed by atoms with van der Waals surface area (Å²) in [5.74, 6) is -0.644. The molecule has 1 amide bonds. The van der Waals surface area contributed by atoms with Gasteiger partial charge in [0, 0.05) is 38.2 Å². The third-order valence-electron chi connectivity index (χ3n) is 4.05. The van der Waals surface area contributed by atoms with Crippen molar-refractivity contribution in [2.45, 2.75) is 12.8 Å². The Hall–Kier alpha value is -2.64. The summed E-state index contributed by atoms with van der Waals surface area (Å²) in [6.07, 6.45) is 1.33. The number of methoxy groups -OCH3 is 1. The minimum Gasteiger partial charge on any atom is -0.465 e. The van der Waals surface area contributed by atoms with Crippen LogP contribution in [-0.4, -0.2) is 44.0 Å². The Morgan fingerprint density at radius 3 is 2.52 bits per heavy atom. The number of hydrogen-bond acceptors (Lipinski definition) is 6. The van der Waals surface area contributed by atoms with Crippen LogP contribution in [0.1, 0.15) is 23.2 Å². The molecule has 0 atom stereocenters. The van der Waals surface area contributed by atoms with Gasteiger partial charge in [0.05, 0.1) is 23.3 Å². The molecule has 23 heavy (non-hydrogen) atoms. The molecule has 1 aliphatic heterocycles. The molecule has 1 N–H and O–H groups in total. The van der Waals surface area contributed by atoms with E-state index in [4.69, 9.17) is 4.74 Å². The van der Waals surface area contributed by atoms with Crippen molar-refractivity contribution in [2.75, 3.05) is 32.1 Å². The highest BCUT2D eigenvalue weighted by atomic mass is 16.6. The molecular weight excluding hydrogens is 302 g/mol. The van der Waals surface area contributed by atoms with Gasteiger partial charge in [-0.25, -0.2) is 4.79 Å². The Bertz CT molecular complexity index is 624. The molecule has 0 aromatic heterocycles. The zero-order valence-electron chi connectivity index (χ0n) is 13.1. The summed E-state index contributed by atoms with van der Waals surface area (Å²) in [7, 11) is 2.85. The number of carbonyl (C=O) groups is 2. The average Bonchev–Trinajstić information content (AvgIpc) is 2.59. The number of esters is 1. The molecule has 1 aromatic rings. The first kappa shape index (κ1) is 16.7. The maximum absolute atomic E-state index is 11.9. The molecule has 0 radical (unpaired) electrons. The van der Waals surface area contributed by atoms with Crippen LogP contribution >= 0.6 is 0 Å². The summed E-state index contributed by atoms with van der Waals surface area (Å²) >= 11 is 0. The second-order valence-corrected chi connectivity index (χ2v) is 5.33. The normalized spacial score (nSPS) is 15.1. The molecule has 1 aromatic carbocycles. The molecule has 0 saturated carbocycles. The fourth-order valence-corrected chi connectivity index (χ4v) is 2.77. The zero-order chi connectivity index (χ0) is 17.0. The maximum Gasteiger partial charge on any atom is 0.340 e. The van der Waals surface area contributed by atoms with E-state index in [1.807, 2.05) is 4.90 Å². The number of anilines is 1. The Kier molecular flexibility index (Phi) is 5.15. The van der Waals surface area contributed by atoms with Crippen LogP contribution in [0.2, 0.25) is 0 Å². The molecule has 124 valence electrons. The number of ether oxygens (including phenoxy) is 1. The molecule has 0 bridgehead atoms. The molecule has 1 fully saturated rings. The monoisotopic (exact) mass is 321 g/mol. The SMILES string of the molecule is CNC(=O)C1CCN(c2ccc([N+](=O)[O-])cc2C(=O)OC)CC1. The highest BCUT2D eigenvalue weighted by molar-refractivity contribution is 5.96. The highest BCUT2D eigenvalue weighted by Gasteiger charge is 2.27. The number of non-ortho nitro benzene ring substituents is 1. The fraction of sp³-hybridized carbons (Fsp3) is 0.467. The summed E-state index contributed by atoms with van der Waals surface area (Å²) in [6.45, 7) is 1.19. The maximum atomic E-state index is 11.9. The summed E-state index contributed by atoms with van der Waals surface area (Å²) in [6, 6.07) is 4.16. The lowest BCUT2D eigenvalue weighted by Gasteiger charge is -2.33. The fourth-order valence-electron chi connectivity index (χ4n) is 2.77. The molecule has 1 saturated heterocycles. The van der Waals surface area contributed by atoms with Crippen LogP contribution < -0.4 is 10.2 Å². The topological polar surface area (TPSA) is 102 Å². The number of rotatable bonds is 4. The van der Waals surface area contributed by atoms with Crippen LogP contribution in [0.25, 0.3) is 0 Å². The van der Waals surface area contributed by atoms with Gasteiger partial charge in [0.1, 0.15) is 0 Å². The number of nitrogens with zero attached hydrogens (tertiary/aromatic N) is 2. The van der Waals surface area contributed by atoms with Crippen molar-refractivity contribution in [1.82, 2.24) is 5.32 Å². The predicted octanol–water partition coefficient (Wildman–Crippen LogP) is 1.34. The first-order valence-corrected chi connectivity index (χ1v) is 7.31. The molecule has 1 heterocycles. The largest absolute Gasteiger partial charge is 0.465 e. The molecule has 8 nitrogen and oxygen atoms in total. The number of piperidine rings is 1. The van der Waals surface area contributed by atoms with Crippen molar-refractivity contribution in [3.63, 3.8) is 0 Å². The third-order valence-corrected chi connectivity index (χ3v) is 4.05. The molecule has 2 rings (SSSR count). The van der Waals surface area contributed by atoms with E-state index in [0.29, 0.717) is 31.6 Å². The highest BCUT2D eigenvalue weighted by Crippen LogP contribution is 2.30. The van der Waals surface area contributed by atoms with Gasteiger partial charge in [-0.15, -0.1) is 0 Å².